The summed E-state index contributed by atoms with van der Waals surface area (Å²) in [5.41, 5.74) is 2.08. The maximum absolute atomic E-state index is 6.14. The minimum absolute atomic E-state index is 0.107. The van der Waals surface area contributed by atoms with Gasteiger partial charge in [0, 0.05) is 5.56 Å². The summed E-state index contributed by atoms with van der Waals surface area (Å²) in [6.07, 6.45) is 0. The molecule has 0 saturated heterocycles. The van der Waals surface area contributed by atoms with Gasteiger partial charge in [0.15, 0.2) is 5.82 Å². The molecular formula is C17H16N6OS2. The van der Waals surface area contributed by atoms with Gasteiger partial charge < -0.3 is 10.3 Å². The van der Waals surface area contributed by atoms with Gasteiger partial charge in [0.25, 0.3) is 0 Å². The number of nitrogens with zero attached hydrogens (tertiary/aromatic N) is 5. The van der Waals surface area contributed by atoms with Crippen molar-refractivity contribution in [2.24, 2.45) is 0 Å². The fourth-order valence-corrected chi connectivity index (χ4v) is 3.86. The van der Waals surface area contributed by atoms with Crippen LogP contribution in [0.2, 0.25) is 0 Å². The molecule has 132 valence electrons. The van der Waals surface area contributed by atoms with Crippen LogP contribution < -0.4 is 5.84 Å². The standard InChI is InChI=1S/C17H16N6OS2/c1-10-5-7-12(8-6-10)16-21-20-15(24-16)11(2)26-17-22-19-14(23(17)18)13-4-3-9-25-13/h3-9,11H,18H2,1-2H3. The van der Waals surface area contributed by atoms with E-state index < -0.39 is 0 Å². The van der Waals surface area contributed by atoms with Crippen molar-refractivity contribution in [3.05, 3.63) is 53.2 Å². The Morgan fingerprint density at radius 3 is 2.65 bits per heavy atom. The lowest BCUT2D eigenvalue weighted by molar-refractivity contribution is 0.509. The lowest BCUT2D eigenvalue weighted by Crippen LogP contribution is -2.11. The van der Waals surface area contributed by atoms with Gasteiger partial charge in [0.05, 0.1) is 10.1 Å². The summed E-state index contributed by atoms with van der Waals surface area (Å²) in [6.45, 7) is 4.01. The molecule has 4 rings (SSSR count). The number of benzene rings is 1. The highest BCUT2D eigenvalue weighted by Gasteiger charge is 2.21. The van der Waals surface area contributed by atoms with E-state index in [1.54, 1.807) is 11.3 Å². The lowest BCUT2D eigenvalue weighted by Gasteiger charge is -2.06. The van der Waals surface area contributed by atoms with Crippen LogP contribution in [0.3, 0.4) is 0 Å². The Labute approximate surface area is 158 Å². The molecule has 3 heterocycles. The van der Waals surface area contributed by atoms with Gasteiger partial charge in [-0.2, -0.15) is 0 Å². The molecule has 0 aliphatic carbocycles. The fourth-order valence-electron chi connectivity index (χ4n) is 2.35. The second kappa shape index (κ2) is 6.93. The van der Waals surface area contributed by atoms with Crippen molar-refractivity contribution in [3.8, 4) is 22.2 Å². The molecule has 0 radical (unpaired) electrons. The Morgan fingerprint density at radius 2 is 1.92 bits per heavy atom. The molecule has 26 heavy (non-hydrogen) atoms. The van der Waals surface area contributed by atoms with Crippen LogP contribution in [0.1, 0.15) is 23.6 Å². The molecular weight excluding hydrogens is 368 g/mol. The predicted molar refractivity (Wildman–Crippen MR) is 102 cm³/mol. The second-order valence-electron chi connectivity index (χ2n) is 5.73. The van der Waals surface area contributed by atoms with Crippen LogP contribution in [0, 0.1) is 6.92 Å². The summed E-state index contributed by atoms with van der Waals surface area (Å²) in [6, 6.07) is 11.9. The summed E-state index contributed by atoms with van der Waals surface area (Å²) < 4.78 is 7.31. The first-order valence-corrected chi connectivity index (χ1v) is 9.69. The minimum Gasteiger partial charge on any atom is -0.419 e. The van der Waals surface area contributed by atoms with Gasteiger partial charge in [-0.05, 0) is 37.4 Å². The van der Waals surface area contributed by atoms with Gasteiger partial charge >= 0.3 is 0 Å². The Kier molecular flexibility index (Phi) is 4.48. The molecule has 3 aromatic heterocycles. The average Bonchev–Trinajstić information content (AvgIpc) is 3.37. The third-order valence-corrected chi connectivity index (χ3v) is 5.69. The zero-order chi connectivity index (χ0) is 18.1. The van der Waals surface area contributed by atoms with Crippen LogP contribution >= 0.6 is 23.1 Å². The van der Waals surface area contributed by atoms with Gasteiger partial charge in [-0.3, -0.25) is 0 Å². The zero-order valence-electron chi connectivity index (χ0n) is 14.2. The van der Waals surface area contributed by atoms with Crippen molar-refractivity contribution in [2.45, 2.75) is 24.3 Å². The minimum atomic E-state index is -0.107. The third kappa shape index (κ3) is 3.23. The number of aryl methyl sites for hydroxylation is 1. The summed E-state index contributed by atoms with van der Waals surface area (Å²) in [5.74, 6) is 7.80. The first-order valence-electron chi connectivity index (χ1n) is 7.93. The lowest BCUT2D eigenvalue weighted by atomic mass is 10.1. The monoisotopic (exact) mass is 384 g/mol. The molecule has 1 aromatic carbocycles. The van der Waals surface area contributed by atoms with Gasteiger partial charge in [0.2, 0.25) is 16.9 Å². The van der Waals surface area contributed by atoms with Crippen LogP contribution in [-0.2, 0) is 0 Å². The summed E-state index contributed by atoms with van der Waals surface area (Å²) in [5, 5.41) is 19.1. The van der Waals surface area contributed by atoms with Crippen molar-refractivity contribution >= 4 is 23.1 Å². The number of nitrogen functional groups attached to an aromatic ring is 1. The van der Waals surface area contributed by atoms with E-state index in [-0.39, 0.29) is 5.25 Å². The molecule has 0 aliphatic heterocycles. The summed E-state index contributed by atoms with van der Waals surface area (Å²) in [7, 11) is 0. The van der Waals surface area contributed by atoms with E-state index >= 15 is 0 Å². The third-order valence-electron chi connectivity index (χ3n) is 3.78. The van der Waals surface area contributed by atoms with E-state index in [4.69, 9.17) is 10.3 Å². The van der Waals surface area contributed by atoms with Crippen molar-refractivity contribution in [3.63, 3.8) is 0 Å². The first kappa shape index (κ1) is 16.8. The molecule has 0 aliphatic rings. The smallest absolute Gasteiger partial charge is 0.247 e. The molecule has 7 nitrogen and oxygen atoms in total. The topological polar surface area (TPSA) is 95.7 Å². The fraction of sp³-hybridized carbons (Fsp3) is 0.176. The van der Waals surface area contributed by atoms with Gasteiger partial charge in [-0.15, -0.1) is 31.7 Å². The molecule has 0 bridgehead atoms. The quantitative estimate of drug-likeness (QED) is 0.411. The summed E-state index contributed by atoms with van der Waals surface area (Å²) in [4.78, 5) is 0.971. The molecule has 2 N–H and O–H groups in total. The Hall–Kier alpha value is -2.65. The van der Waals surface area contributed by atoms with Gasteiger partial charge in [-0.1, -0.05) is 35.5 Å². The molecule has 9 heteroatoms. The molecule has 4 aromatic rings. The molecule has 0 fully saturated rings. The van der Waals surface area contributed by atoms with E-state index in [1.165, 1.54) is 22.0 Å². The number of hydrogen-bond donors (Lipinski definition) is 1. The first-order chi connectivity index (χ1) is 12.6. The van der Waals surface area contributed by atoms with Crippen LogP contribution in [0.25, 0.3) is 22.2 Å². The number of thioether (sulfide) groups is 1. The Morgan fingerprint density at radius 1 is 1.12 bits per heavy atom. The highest BCUT2D eigenvalue weighted by atomic mass is 32.2. The van der Waals surface area contributed by atoms with Crippen molar-refractivity contribution in [2.75, 3.05) is 5.84 Å². The summed E-state index contributed by atoms with van der Waals surface area (Å²) >= 11 is 2.99. The van der Waals surface area contributed by atoms with Crippen molar-refractivity contribution in [1.82, 2.24) is 25.1 Å². The normalized spacial score (nSPS) is 12.4. The molecule has 0 spiro atoms. The Bertz CT molecular complexity index is 1010. The Balaban J connectivity index is 1.52. The number of nitrogens with two attached hydrogens (primary N) is 1. The van der Waals surface area contributed by atoms with Crippen LogP contribution in [-0.4, -0.2) is 25.1 Å². The number of aromatic nitrogens is 5. The van der Waals surface area contributed by atoms with Crippen LogP contribution in [0.4, 0.5) is 0 Å². The molecule has 0 amide bonds. The van der Waals surface area contributed by atoms with Gasteiger partial charge in [0.1, 0.15) is 0 Å². The number of thiophene rings is 1. The van der Waals surface area contributed by atoms with E-state index in [0.717, 1.165) is 10.4 Å². The number of hydrogen-bond acceptors (Lipinski definition) is 8. The molecule has 0 saturated carbocycles. The second-order valence-corrected chi connectivity index (χ2v) is 7.98. The van der Waals surface area contributed by atoms with Crippen LogP contribution in [0.15, 0.2) is 51.4 Å². The maximum atomic E-state index is 6.14. The van der Waals surface area contributed by atoms with E-state index in [2.05, 4.69) is 20.4 Å². The zero-order valence-corrected chi connectivity index (χ0v) is 15.8. The molecule has 1 unspecified atom stereocenters. The SMILES string of the molecule is Cc1ccc(-c2nnc(C(C)Sc3nnc(-c4cccs4)n3N)o2)cc1. The van der Waals surface area contributed by atoms with Gasteiger partial charge in [-0.25, -0.2) is 4.68 Å². The number of rotatable bonds is 5. The van der Waals surface area contributed by atoms with E-state index in [9.17, 15) is 0 Å². The highest BCUT2D eigenvalue weighted by molar-refractivity contribution is 7.99. The highest BCUT2D eigenvalue weighted by Crippen LogP contribution is 2.35. The van der Waals surface area contributed by atoms with E-state index in [0.29, 0.717) is 22.8 Å². The van der Waals surface area contributed by atoms with E-state index in [1.807, 2.05) is 55.6 Å². The average molecular weight is 384 g/mol. The largest absolute Gasteiger partial charge is 0.419 e. The molecule has 1 atom stereocenters. The van der Waals surface area contributed by atoms with Crippen molar-refractivity contribution in [1.29, 1.82) is 0 Å². The van der Waals surface area contributed by atoms with Crippen LogP contribution in [0.5, 0.6) is 0 Å². The maximum Gasteiger partial charge on any atom is 0.247 e. The predicted octanol–water partition coefficient (Wildman–Crippen LogP) is 3.93. The van der Waals surface area contributed by atoms with Crippen molar-refractivity contribution < 1.29 is 4.42 Å².